The summed E-state index contributed by atoms with van der Waals surface area (Å²) in [5, 5.41) is 7.75. The topological polar surface area (TPSA) is 121 Å². The quantitative estimate of drug-likeness (QED) is 0.272. The van der Waals surface area contributed by atoms with Gasteiger partial charge in [-0.3, -0.25) is 9.11 Å². The van der Waals surface area contributed by atoms with E-state index in [2.05, 4.69) is 0 Å². The number of hydrogen-bond acceptors (Lipinski definition) is 4. The maximum absolute atomic E-state index is 8.74. The van der Waals surface area contributed by atoms with Crippen molar-refractivity contribution in [3.05, 3.63) is 0 Å². The van der Waals surface area contributed by atoms with Crippen molar-refractivity contribution in [3.8, 4) is 0 Å². The van der Waals surface area contributed by atoms with Crippen LogP contribution in [0.5, 0.6) is 0 Å². The first-order valence-electron chi connectivity index (χ1n) is 1.92. The van der Waals surface area contributed by atoms with Crippen LogP contribution in [0.25, 0.3) is 0 Å². The average Bonchev–Trinajstić information content (AvgIpc) is 1.61. The van der Waals surface area contributed by atoms with E-state index >= 15 is 0 Å². The zero-order valence-electron chi connectivity index (χ0n) is 5.56. The first kappa shape index (κ1) is 17.0. The van der Waals surface area contributed by atoms with Gasteiger partial charge in [-0.05, 0) is 0 Å². The molecular weight excluding hydrogens is 173 g/mol. The molecule has 59 valence electrons. The first-order chi connectivity index (χ1) is 3.91. The van der Waals surface area contributed by atoms with E-state index in [1.54, 1.807) is 0 Å². The van der Waals surface area contributed by atoms with E-state index in [0.717, 1.165) is 0 Å². The molecule has 10 heavy (non-hydrogen) atoms. The van der Waals surface area contributed by atoms with Gasteiger partial charge in [0.25, 0.3) is 0 Å². The SMILES string of the molecule is NCCO.O=S(=O)(O)O.[Na]. The molecule has 0 aromatic rings. The Bertz CT molecular complexity index is 123. The summed E-state index contributed by atoms with van der Waals surface area (Å²) in [5.74, 6) is 0. The normalized spacial score (nSPS) is 8.80. The molecule has 0 aliphatic carbocycles. The molecule has 0 amide bonds. The van der Waals surface area contributed by atoms with Crippen LogP contribution in [0.1, 0.15) is 0 Å². The molecule has 0 saturated heterocycles. The van der Waals surface area contributed by atoms with E-state index in [1.165, 1.54) is 0 Å². The fourth-order valence-electron chi connectivity index (χ4n) is 0. The van der Waals surface area contributed by atoms with Crippen molar-refractivity contribution < 1.29 is 22.6 Å². The van der Waals surface area contributed by atoms with Gasteiger partial charge in [0.1, 0.15) is 0 Å². The smallest absolute Gasteiger partial charge is 0.394 e. The molecule has 0 unspecified atom stereocenters. The number of rotatable bonds is 1. The van der Waals surface area contributed by atoms with Gasteiger partial charge in [-0.25, -0.2) is 0 Å². The Morgan fingerprint density at radius 2 is 1.40 bits per heavy atom. The summed E-state index contributed by atoms with van der Waals surface area (Å²) in [4.78, 5) is 0. The Morgan fingerprint density at radius 3 is 1.40 bits per heavy atom. The van der Waals surface area contributed by atoms with Crippen LogP contribution >= 0.6 is 0 Å². The number of aliphatic hydroxyl groups is 1. The van der Waals surface area contributed by atoms with Crippen LogP contribution in [-0.4, -0.2) is 65.3 Å². The Kier molecular flexibility index (Phi) is 16.7. The predicted octanol–water partition coefficient (Wildman–Crippen LogP) is -2.10. The minimum atomic E-state index is -4.67. The van der Waals surface area contributed by atoms with Crippen LogP contribution in [0, 0.1) is 0 Å². The van der Waals surface area contributed by atoms with Crippen molar-refractivity contribution in [1.82, 2.24) is 0 Å². The van der Waals surface area contributed by atoms with Gasteiger partial charge in [0.05, 0.1) is 6.61 Å². The van der Waals surface area contributed by atoms with Crippen LogP contribution in [0.4, 0.5) is 0 Å². The van der Waals surface area contributed by atoms with Crippen molar-refractivity contribution in [2.75, 3.05) is 13.2 Å². The second-order valence-corrected chi connectivity index (χ2v) is 1.86. The van der Waals surface area contributed by atoms with E-state index in [0.29, 0.717) is 6.54 Å². The summed E-state index contributed by atoms with van der Waals surface area (Å²) in [5.41, 5.74) is 4.78. The van der Waals surface area contributed by atoms with Crippen molar-refractivity contribution in [1.29, 1.82) is 0 Å². The number of nitrogens with two attached hydrogens (primary N) is 1. The van der Waals surface area contributed by atoms with Crippen LogP contribution in [0.2, 0.25) is 0 Å². The molecule has 0 rings (SSSR count). The van der Waals surface area contributed by atoms with Crippen LogP contribution < -0.4 is 5.73 Å². The largest absolute Gasteiger partial charge is 0.395 e. The Hall–Kier alpha value is 0.790. The third kappa shape index (κ3) is 166. The molecule has 6 nitrogen and oxygen atoms in total. The molecule has 0 saturated carbocycles. The molecule has 0 spiro atoms. The standard InChI is InChI=1S/C2H7NO.Na.H2O4S/c3-1-2-4;;1-5(2,3)4/h4H,1-3H2;;(H2,1,2,3,4). The molecule has 0 heterocycles. The van der Waals surface area contributed by atoms with E-state index in [1.807, 2.05) is 0 Å². The van der Waals surface area contributed by atoms with Gasteiger partial charge < -0.3 is 10.8 Å². The monoisotopic (exact) mass is 182 g/mol. The van der Waals surface area contributed by atoms with Crippen LogP contribution in [-0.2, 0) is 10.4 Å². The van der Waals surface area contributed by atoms with E-state index in [4.69, 9.17) is 28.4 Å². The maximum atomic E-state index is 8.74. The molecule has 0 bridgehead atoms. The van der Waals surface area contributed by atoms with Gasteiger partial charge in [-0.15, -0.1) is 0 Å². The molecule has 0 aliphatic heterocycles. The summed E-state index contributed by atoms with van der Waals surface area (Å²) >= 11 is 0. The van der Waals surface area contributed by atoms with Gasteiger partial charge in [-0.2, -0.15) is 8.42 Å². The Morgan fingerprint density at radius 1 is 1.30 bits per heavy atom. The molecule has 1 radical (unpaired) electrons. The summed E-state index contributed by atoms with van der Waals surface area (Å²) in [6, 6.07) is 0. The van der Waals surface area contributed by atoms with Crippen molar-refractivity contribution >= 4 is 40.0 Å². The minimum absolute atomic E-state index is 0. The van der Waals surface area contributed by atoms with E-state index in [-0.39, 0.29) is 36.2 Å². The van der Waals surface area contributed by atoms with E-state index in [9.17, 15) is 0 Å². The third-order valence-corrected chi connectivity index (χ3v) is 0.129. The molecule has 5 N–H and O–H groups in total. The third-order valence-electron chi connectivity index (χ3n) is 0.129. The number of hydrogen-bond donors (Lipinski definition) is 4. The van der Waals surface area contributed by atoms with Crippen molar-refractivity contribution in [2.45, 2.75) is 0 Å². The summed E-state index contributed by atoms with van der Waals surface area (Å²) in [7, 11) is -4.67. The number of aliphatic hydroxyl groups excluding tert-OH is 1. The first-order valence-corrected chi connectivity index (χ1v) is 3.32. The molecule has 0 atom stereocenters. The van der Waals surface area contributed by atoms with Gasteiger partial charge in [-0.1, -0.05) is 0 Å². The summed E-state index contributed by atoms with van der Waals surface area (Å²) in [6.07, 6.45) is 0. The molecule has 8 heteroatoms. The van der Waals surface area contributed by atoms with Gasteiger partial charge in [0.2, 0.25) is 0 Å². The van der Waals surface area contributed by atoms with Gasteiger partial charge in [0.15, 0.2) is 0 Å². The molecular formula is C2H9NNaO5S. The summed E-state index contributed by atoms with van der Waals surface area (Å²) in [6.45, 7) is 0.472. The zero-order chi connectivity index (χ0) is 7.91. The second kappa shape index (κ2) is 9.79. The molecule has 0 aliphatic rings. The van der Waals surface area contributed by atoms with Crippen molar-refractivity contribution in [2.24, 2.45) is 5.73 Å². The van der Waals surface area contributed by atoms with Crippen molar-refractivity contribution in [3.63, 3.8) is 0 Å². The summed E-state index contributed by atoms with van der Waals surface area (Å²) < 4.78 is 31.6. The van der Waals surface area contributed by atoms with Crippen LogP contribution in [0.3, 0.4) is 0 Å². The van der Waals surface area contributed by atoms with Gasteiger partial charge in [0, 0.05) is 36.1 Å². The van der Waals surface area contributed by atoms with Crippen LogP contribution in [0.15, 0.2) is 0 Å². The predicted molar refractivity (Wildman–Crippen MR) is 36.1 cm³/mol. The Balaban J connectivity index is -0.0000000910. The Labute approximate surface area is 81.3 Å². The molecule has 0 aromatic carbocycles. The molecule has 0 fully saturated rings. The fraction of sp³-hybridized carbons (Fsp3) is 1.00. The minimum Gasteiger partial charge on any atom is -0.395 e. The second-order valence-electron chi connectivity index (χ2n) is 0.960. The fourth-order valence-corrected chi connectivity index (χ4v) is 0. The molecule has 0 aromatic heterocycles. The van der Waals surface area contributed by atoms with E-state index < -0.39 is 10.4 Å². The average molecular weight is 182 g/mol. The van der Waals surface area contributed by atoms with Gasteiger partial charge >= 0.3 is 10.4 Å². The zero-order valence-corrected chi connectivity index (χ0v) is 8.37. The maximum Gasteiger partial charge on any atom is 0.394 e.